The van der Waals surface area contributed by atoms with Crippen LogP contribution in [0.25, 0.3) is 0 Å². The molecule has 3 aromatic rings. The van der Waals surface area contributed by atoms with E-state index < -0.39 is 6.09 Å². The fourth-order valence-electron chi connectivity index (χ4n) is 1.95. The van der Waals surface area contributed by atoms with E-state index in [4.69, 9.17) is 4.74 Å². The summed E-state index contributed by atoms with van der Waals surface area (Å²) in [5.74, 6) is 0.934. The van der Waals surface area contributed by atoms with Gasteiger partial charge in [-0.1, -0.05) is 0 Å². The molecule has 2 N–H and O–H groups in total. The molecule has 1 amide bonds. The number of amides is 1. The van der Waals surface area contributed by atoms with Gasteiger partial charge in [0.15, 0.2) is 5.13 Å². The van der Waals surface area contributed by atoms with Crippen LogP contribution in [0.4, 0.5) is 21.4 Å². The number of ether oxygens (including phenoxy) is 1. The van der Waals surface area contributed by atoms with Gasteiger partial charge in [0, 0.05) is 24.2 Å². The van der Waals surface area contributed by atoms with Crippen LogP contribution in [0, 0.1) is 13.8 Å². The molecule has 0 aromatic carbocycles. The van der Waals surface area contributed by atoms with E-state index in [9.17, 15) is 4.79 Å². The molecule has 0 aliphatic rings. The molecule has 24 heavy (non-hydrogen) atoms. The number of anilines is 3. The summed E-state index contributed by atoms with van der Waals surface area (Å²) in [4.78, 5) is 20.5. The van der Waals surface area contributed by atoms with E-state index in [0.717, 1.165) is 17.2 Å². The monoisotopic (exact) mass is 344 g/mol. The number of hydrogen-bond acceptors (Lipinski definition) is 7. The highest BCUT2D eigenvalue weighted by Gasteiger charge is 2.14. The average Bonchev–Trinajstić information content (AvgIpc) is 3.11. The number of aromatic nitrogens is 4. The first-order valence-corrected chi connectivity index (χ1v) is 8.03. The van der Waals surface area contributed by atoms with Gasteiger partial charge in [-0.05, 0) is 26.0 Å². The molecule has 9 heteroatoms. The van der Waals surface area contributed by atoms with Gasteiger partial charge in [-0.3, -0.25) is 10.00 Å². The summed E-state index contributed by atoms with van der Waals surface area (Å²) in [7, 11) is 1.81. The van der Waals surface area contributed by atoms with E-state index in [1.807, 2.05) is 38.4 Å². The highest BCUT2D eigenvalue weighted by molar-refractivity contribution is 7.13. The molecule has 0 aliphatic carbocycles. The van der Waals surface area contributed by atoms with Crippen molar-refractivity contribution >= 4 is 34.1 Å². The smallest absolute Gasteiger partial charge is 0.389 e. The SMILES string of the molecule is Cc1csc(NC(=O)Oc2nc(C)ccc2Nc2ccnn2C)n1. The second-order valence-electron chi connectivity index (χ2n) is 5.08. The van der Waals surface area contributed by atoms with Gasteiger partial charge in [0.05, 0.1) is 11.9 Å². The molecule has 0 spiro atoms. The third kappa shape index (κ3) is 3.69. The Morgan fingerprint density at radius 2 is 2.04 bits per heavy atom. The number of hydrogen-bond donors (Lipinski definition) is 2. The Bertz CT molecular complexity index is 872. The molecule has 3 heterocycles. The van der Waals surface area contributed by atoms with Crippen molar-refractivity contribution in [2.75, 3.05) is 10.6 Å². The molecule has 0 aliphatic heterocycles. The number of pyridine rings is 1. The molecule has 0 unspecified atom stereocenters. The maximum Gasteiger partial charge on any atom is 0.420 e. The quantitative estimate of drug-likeness (QED) is 0.754. The lowest BCUT2D eigenvalue weighted by Gasteiger charge is -2.12. The Morgan fingerprint density at radius 3 is 2.71 bits per heavy atom. The van der Waals surface area contributed by atoms with E-state index in [1.54, 1.807) is 16.9 Å². The molecule has 0 saturated heterocycles. The van der Waals surface area contributed by atoms with Crippen molar-refractivity contribution in [3.63, 3.8) is 0 Å². The Kier molecular flexibility index (Phi) is 4.43. The normalized spacial score (nSPS) is 10.5. The van der Waals surface area contributed by atoms with Crippen molar-refractivity contribution in [2.45, 2.75) is 13.8 Å². The van der Waals surface area contributed by atoms with Crippen LogP contribution in [-0.2, 0) is 7.05 Å². The minimum absolute atomic E-state index is 0.182. The number of carbonyl (C=O) groups excluding carboxylic acids is 1. The maximum absolute atomic E-state index is 12.1. The molecule has 0 bridgehead atoms. The van der Waals surface area contributed by atoms with Crippen molar-refractivity contribution in [1.29, 1.82) is 0 Å². The summed E-state index contributed by atoms with van der Waals surface area (Å²) in [5.41, 5.74) is 2.13. The Hall–Kier alpha value is -2.94. The van der Waals surface area contributed by atoms with Crippen LogP contribution in [0.3, 0.4) is 0 Å². The molecule has 0 saturated carbocycles. The molecule has 8 nitrogen and oxygen atoms in total. The second-order valence-corrected chi connectivity index (χ2v) is 5.94. The number of nitrogens with zero attached hydrogens (tertiary/aromatic N) is 4. The van der Waals surface area contributed by atoms with Gasteiger partial charge in [0.25, 0.3) is 0 Å². The van der Waals surface area contributed by atoms with Gasteiger partial charge in [-0.2, -0.15) is 5.10 Å². The van der Waals surface area contributed by atoms with Crippen LogP contribution < -0.4 is 15.4 Å². The van der Waals surface area contributed by atoms with Crippen molar-refractivity contribution in [3.8, 4) is 5.88 Å². The summed E-state index contributed by atoms with van der Waals surface area (Å²) in [5, 5.41) is 12.1. The predicted octanol–water partition coefficient (Wildman–Crippen LogP) is 3.24. The van der Waals surface area contributed by atoms with Gasteiger partial charge in [-0.15, -0.1) is 11.3 Å². The first-order valence-electron chi connectivity index (χ1n) is 7.15. The Balaban J connectivity index is 1.77. The van der Waals surface area contributed by atoms with Gasteiger partial charge < -0.3 is 10.1 Å². The number of aryl methyl sites for hydroxylation is 3. The lowest BCUT2D eigenvalue weighted by Crippen LogP contribution is -2.18. The van der Waals surface area contributed by atoms with Crippen LogP contribution in [0.5, 0.6) is 5.88 Å². The summed E-state index contributed by atoms with van der Waals surface area (Å²) < 4.78 is 7.01. The Labute approximate surface area is 142 Å². The van der Waals surface area contributed by atoms with Gasteiger partial charge in [0.1, 0.15) is 11.5 Å². The molecule has 0 fully saturated rings. The summed E-state index contributed by atoms with van der Waals surface area (Å²) in [6, 6.07) is 5.43. The van der Waals surface area contributed by atoms with Crippen molar-refractivity contribution < 1.29 is 9.53 Å². The first-order chi connectivity index (χ1) is 11.5. The lowest BCUT2D eigenvalue weighted by atomic mass is 10.3. The number of carbonyl (C=O) groups is 1. The third-order valence-electron chi connectivity index (χ3n) is 3.10. The minimum atomic E-state index is -0.643. The maximum atomic E-state index is 12.1. The van der Waals surface area contributed by atoms with E-state index in [-0.39, 0.29) is 5.88 Å². The predicted molar refractivity (Wildman–Crippen MR) is 92.0 cm³/mol. The van der Waals surface area contributed by atoms with E-state index in [1.165, 1.54) is 11.3 Å². The summed E-state index contributed by atoms with van der Waals surface area (Å²) in [6.45, 7) is 3.67. The molecular weight excluding hydrogens is 328 g/mol. The van der Waals surface area contributed by atoms with E-state index >= 15 is 0 Å². The highest BCUT2D eigenvalue weighted by Crippen LogP contribution is 2.26. The van der Waals surface area contributed by atoms with Crippen LogP contribution >= 0.6 is 11.3 Å². The molecule has 3 rings (SSSR count). The number of thiazole rings is 1. The van der Waals surface area contributed by atoms with Gasteiger partial charge >= 0.3 is 6.09 Å². The van der Waals surface area contributed by atoms with Crippen LogP contribution in [0.2, 0.25) is 0 Å². The molecular formula is C15H16N6O2S. The lowest BCUT2D eigenvalue weighted by molar-refractivity contribution is 0.213. The number of rotatable bonds is 4. The second kappa shape index (κ2) is 6.67. The van der Waals surface area contributed by atoms with Crippen LogP contribution in [-0.4, -0.2) is 25.8 Å². The first kappa shape index (κ1) is 15.9. The molecule has 0 radical (unpaired) electrons. The van der Waals surface area contributed by atoms with E-state index in [2.05, 4.69) is 25.7 Å². The van der Waals surface area contributed by atoms with Crippen LogP contribution in [0.1, 0.15) is 11.4 Å². The Morgan fingerprint density at radius 1 is 1.21 bits per heavy atom. The standard InChI is InChI=1S/C15H16N6O2S/c1-9-4-5-11(19-12-6-7-16-21(12)3)13(17-9)23-15(22)20-14-18-10(2)8-24-14/h4-8,19H,1-3H3,(H,18,20,22). The molecule has 0 atom stereocenters. The van der Waals surface area contributed by atoms with Gasteiger partial charge in [0.2, 0.25) is 5.88 Å². The third-order valence-corrected chi connectivity index (χ3v) is 3.98. The molecule has 124 valence electrons. The number of nitrogens with one attached hydrogen (secondary N) is 2. The largest absolute Gasteiger partial charge is 0.420 e. The fraction of sp³-hybridized carbons (Fsp3) is 0.200. The zero-order chi connectivity index (χ0) is 17.1. The van der Waals surface area contributed by atoms with Crippen molar-refractivity contribution in [2.24, 2.45) is 7.05 Å². The summed E-state index contributed by atoms with van der Waals surface area (Å²) >= 11 is 1.33. The fourth-order valence-corrected chi connectivity index (χ4v) is 2.63. The zero-order valence-corrected chi connectivity index (χ0v) is 14.2. The van der Waals surface area contributed by atoms with Crippen LogP contribution in [0.15, 0.2) is 29.8 Å². The van der Waals surface area contributed by atoms with Crippen molar-refractivity contribution in [1.82, 2.24) is 19.7 Å². The topological polar surface area (TPSA) is 94.0 Å². The summed E-state index contributed by atoms with van der Waals surface area (Å²) in [6.07, 6.45) is 1.03. The average molecular weight is 344 g/mol. The van der Waals surface area contributed by atoms with Crippen molar-refractivity contribution in [3.05, 3.63) is 41.2 Å². The molecule has 3 aromatic heterocycles. The zero-order valence-electron chi connectivity index (χ0n) is 13.4. The highest BCUT2D eigenvalue weighted by atomic mass is 32.1. The van der Waals surface area contributed by atoms with E-state index in [0.29, 0.717) is 10.8 Å². The van der Waals surface area contributed by atoms with Gasteiger partial charge in [-0.25, -0.2) is 14.8 Å². The minimum Gasteiger partial charge on any atom is -0.389 e.